The van der Waals surface area contributed by atoms with E-state index in [9.17, 15) is 9.59 Å². The van der Waals surface area contributed by atoms with Gasteiger partial charge in [-0.05, 0) is 37.0 Å². The molecule has 3 nitrogen and oxygen atoms in total. The number of nitrogens with zero attached hydrogens (tertiary/aromatic N) is 1. The zero-order chi connectivity index (χ0) is 17.5. The fourth-order valence-electron chi connectivity index (χ4n) is 3.39. The summed E-state index contributed by atoms with van der Waals surface area (Å²) in [5.41, 5.74) is 1.32. The van der Waals surface area contributed by atoms with Crippen LogP contribution in [-0.4, -0.2) is 18.2 Å². The van der Waals surface area contributed by atoms with Gasteiger partial charge in [0.25, 0.3) is 11.7 Å². The number of fused-ring (bicyclic) bond motifs is 1. The van der Waals surface area contributed by atoms with Crippen LogP contribution in [-0.2, 0) is 4.79 Å². The summed E-state index contributed by atoms with van der Waals surface area (Å²) in [6.07, 6.45) is 9.60. The summed E-state index contributed by atoms with van der Waals surface area (Å²) in [4.78, 5) is 26.3. The number of anilines is 1. The van der Waals surface area contributed by atoms with Crippen molar-refractivity contribution < 1.29 is 9.59 Å². The maximum atomic E-state index is 12.4. The molecule has 1 amide bonds. The van der Waals surface area contributed by atoms with Crippen LogP contribution in [0.5, 0.6) is 0 Å². The second-order valence-electron chi connectivity index (χ2n) is 6.76. The maximum absolute atomic E-state index is 12.4. The SMILES string of the molecule is CCCCCCC(CCCC)CN1C(=O)C(=O)c2ccc(Br)cc21. The first kappa shape index (κ1) is 19.2. The number of halogens is 1. The van der Waals surface area contributed by atoms with Gasteiger partial charge in [-0.25, -0.2) is 0 Å². The third-order valence-electron chi connectivity index (χ3n) is 4.81. The Morgan fingerprint density at radius 2 is 1.71 bits per heavy atom. The lowest BCUT2D eigenvalue weighted by molar-refractivity contribution is -0.114. The first-order chi connectivity index (χ1) is 11.6. The first-order valence-corrected chi connectivity index (χ1v) is 10.0. The Morgan fingerprint density at radius 1 is 1.00 bits per heavy atom. The van der Waals surface area contributed by atoms with Crippen LogP contribution in [0.15, 0.2) is 22.7 Å². The molecule has 0 aliphatic carbocycles. The van der Waals surface area contributed by atoms with Crippen LogP contribution in [0.2, 0.25) is 0 Å². The monoisotopic (exact) mass is 393 g/mol. The van der Waals surface area contributed by atoms with Crippen LogP contribution < -0.4 is 4.90 Å². The van der Waals surface area contributed by atoms with Gasteiger partial charge in [-0.15, -0.1) is 0 Å². The number of benzene rings is 1. The Bertz CT molecular complexity index is 585. The highest BCUT2D eigenvalue weighted by atomic mass is 79.9. The Balaban J connectivity index is 2.08. The van der Waals surface area contributed by atoms with Gasteiger partial charge in [0.2, 0.25) is 0 Å². The van der Waals surface area contributed by atoms with Gasteiger partial charge in [0.1, 0.15) is 0 Å². The van der Waals surface area contributed by atoms with Crippen LogP contribution in [0, 0.1) is 5.92 Å². The number of amides is 1. The van der Waals surface area contributed by atoms with Crippen LogP contribution in [0.3, 0.4) is 0 Å². The predicted molar refractivity (Wildman–Crippen MR) is 103 cm³/mol. The molecule has 24 heavy (non-hydrogen) atoms. The molecule has 0 fully saturated rings. The molecule has 1 aromatic carbocycles. The van der Waals surface area contributed by atoms with Crippen LogP contribution in [0.1, 0.15) is 75.6 Å². The van der Waals surface area contributed by atoms with Gasteiger partial charge >= 0.3 is 0 Å². The molecule has 1 aliphatic rings. The molecule has 4 heteroatoms. The number of hydrogen-bond donors (Lipinski definition) is 0. The molecular weight excluding hydrogens is 366 g/mol. The molecule has 1 atom stereocenters. The molecule has 0 saturated carbocycles. The van der Waals surface area contributed by atoms with Crippen molar-refractivity contribution in [2.24, 2.45) is 5.92 Å². The van der Waals surface area contributed by atoms with Gasteiger partial charge in [0.05, 0.1) is 11.3 Å². The number of ketones is 1. The van der Waals surface area contributed by atoms with E-state index in [1.54, 1.807) is 11.0 Å². The van der Waals surface area contributed by atoms with Crippen molar-refractivity contribution in [2.45, 2.75) is 65.2 Å². The van der Waals surface area contributed by atoms with Crippen molar-refractivity contribution in [1.82, 2.24) is 0 Å². The topological polar surface area (TPSA) is 37.4 Å². The van der Waals surface area contributed by atoms with E-state index < -0.39 is 0 Å². The molecule has 2 rings (SSSR count). The number of rotatable bonds is 10. The average molecular weight is 394 g/mol. The molecule has 0 aromatic heterocycles. The van der Waals surface area contributed by atoms with E-state index in [-0.39, 0.29) is 11.7 Å². The molecule has 1 unspecified atom stereocenters. The lowest BCUT2D eigenvalue weighted by atomic mass is 9.94. The largest absolute Gasteiger partial charge is 0.304 e. The smallest absolute Gasteiger partial charge is 0.299 e. The van der Waals surface area contributed by atoms with Gasteiger partial charge in [0, 0.05) is 11.0 Å². The number of hydrogen-bond acceptors (Lipinski definition) is 2. The molecule has 1 aliphatic heterocycles. The number of Topliss-reactive ketones (excluding diaryl/α,β-unsaturated/α-hetero) is 1. The molecule has 0 radical (unpaired) electrons. The average Bonchev–Trinajstić information content (AvgIpc) is 2.80. The van der Waals surface area contributed by atoms with E-state index in [0.717, 1.165) is 23.0 Å². The molecule has 1 aromatic rings. The Morgan fingerprint density at radius 3 is 2.42 bits per heavy atom. The molecule has 0 spiro atoms. The second-order valence-corrected chi connectivity index (χ2v) is 7.68. The van der Waals surface area contributed by atoms with Crippen molar-refractivity contribution in [3.05, 3.63) is 28.2 Å². The maximum Gasteiger partial charge on any atom is 0.299 e. The fraction of sp³-hybridized carbons (Fsp3) is 0.600. The van der Waals surface area contributed by atoms with Crippen LogP contribution >= 0.6 is 15.9 Å². The Hall–Kier alpha value is -1.16. The molecular formula is C20H28BrNO2. The minimum atomic E-state index is -0.363. The van der Waals surface area contributed by atoms with Gasteiger partial charge < -0.3 is 4.90 Å². The third kappa shape index (κ3) is 4.69. The summed E-state index contributed by atoms with van der Waals surface area (Å²) in [5.74, 6) is -0.251. The Labute approximate surface area is 153 Å². The van der Waals surface area contributed by atoms with E-state index in [2.05, 4.69) is 29.8 Å². The van der Waals surface area contributed by atoms with E-state index in [4.69, 9.17) is 0 Å². The predicted octanol–water partition coefficient (Wildman–Crippen LogP) is 5.76. The lowest BCUT2D eigenvalue weighted by Crippen LogP contribution is -2.34. The summed E-state index contributed by atoms with van der Waals surface area (Å²) in [6.45, 7) is 5.09. The summed E-state index contributed by atoms with van der Waals surface area (Å²) in [6, 6.07) is 5.47. The number of carbonyl (C=O) groups excluding carboxylic acids is 2. The van der Waals surface area contributed by atoms with Crippen LogP contribution in [0.25, 0.3) is 0 Å². The van der Waals surface area contributed by atoms with Crippen molar-refractivity contribution in [3.63, 3.8) is 0 Å². The molecule has 0 N–H and O–H groups in total. The summed E-state index contributed by atoms with van der Waals surface area (Å²) in [7, 11) is 0. The molecule has 0 bridgehead atoms. The van der Waals surface area contributed by atoms with Crippen molar-refractivity contribution in [1.29, 1.82) is 0 Å². The van der Waals surface area contributed by atoms with E-state index >= 15 is 0 Å². The van der Waals surface area contributed by atoms with Crippen molar-refractivity contribution in [3.8, 4) is 0 Å². The quantitative estimate of drug-likeness (QED) is 0.374. The van der Waals surface area contributed by atoms with Gasteiger partial charge in [0.15, 0.2) is 0 Å². The normalized spacial score (nSPS) is 15.0. The highest BCUT2D eigenvalue weighted by Gasteiger charge is 2.36. The first-order valence-electron chi connectivity index (χ1n) is 9.24. The summed E-state index contributed by atoms with van der Waals surface area (Å²) in [5, 5.41) is 0. The highest BCUT2D eigenvalue weighted by molar-refractivity contribution is 9.10. The van der Waals surface area contributed by atoms with Gasteiger partial charge in [-0.1, -0.05) is 68.3 Å². The van der Waals surface area contributed by atoms with Gasteiger partial charge in [-0.2, -0.15) is 0 Å². The molecule has 132 valence electrons. The van der Waals surface area contributed by atoms with Gasteiger partial charge in [-0.3, -0.25) is 9.59 Å². The van der Waals surface area contributed by atoms with Crippen molar-refractivity contribution >= 4 is 33.3 Å². The van der Waals surface area contributed by atoms with E-state index in [1.807, 2.05) is 12.1 Å². The lowest BCUT2D eigenvalue weighted by Gasteiger charge is -2.24. The third-order valence-corrected chi connectivity index (χ3v) is 5.30. The summed E-state index contributed by atoms with van der Waals surface area (Å²) < 4.78 is 0.904. The van der Waals surface area contributed by atoms with Crippen molar-refractivity contribution in [2.75, 3.05) is 11.4 Å². The molecule has 1 heterocycles. The van der Waals surface area contributed by atoms with E-state index in [0.29, 0.717) is 18.0 Å². The second kappa shape index (κ2) is 9.36. The van der Waals surface area contributed by atoms with Crippen LogP contribution in [0.4, 0.5) is 5.69 Å². The number of unbranched alkanes of at least 4 members (excludes halogenated alkanes) is 4. The zero-order valence-electron chi connectivity index (χ0n) is 14.8. The highest BCUT2D eigenvalue weighted by Crippen LogP contribution is 2.33. The minimum absolute atomic E-state index is 0.363. The standard InChI is InChI=1S/C20H28BrNO2/c1-3-5-7-8-10-15(9-6-4-2)14-22-18-13-16(21)11-12-17(18)19(23)20(22)24/h11-13,15H,3-10,14H2,1-2H3. The van der Waals surface area contributed by atoms with E-state index in [1.165, 1.54) is 38.5 Å². The minimum Gasteiger partial charge on any atom is -0.304 e. The zero-order valence-corrected chi connectivity index (χ0v) is 16.4. The summed E-state index contributed by atoms with van der Waals surface area (Å²) >= 11 is 3.45. The number of carbonyl (C=O) groups is 2. The fourth-order valence-corrected chi connectivity index (χ4v) is 3.74. The molecule has 0 saturated heterocycles. The Kier molecular flexibility index (Phi) is 7.47.